The van der Waals surface area contributed by atoms with Gasteiger partial charge in [0.2, 0.25) is 0 Å². The van der Waals surface area contributed by atoms with E-state index in [1.165, 1.54) is 18.4 Å². The summed E-state index contributed by atoms with van der Waals surface area (Å²) in [5.74, 6) is 0.622. The fourth-order valence-corrected chi connectivity index (χ4v) is 2.83. The molecular formula is C15H17NO. The van der Waals surface area contributed by atoms with Crippen molar-refractivity contribution in [3.05, 3.63) is 35.4 Å². The predicted molar refractivity (Wildman–Crippen MR) is 65.3 cm³/mol. The lowest BCUT2D eigenvalue weighted by Crippen LogP contribution is -2.34. The Balaban J connectivity index is 1.96. The Hall–Kier alpha value is -1.33. The fourth-order valence-electron chi connectivity index (χ4n) is 2.83. The van der Waals surface area contributed by atoms with Crippen LogP contribution in [0.4, 0.5) is 0 Å². The van der Waals surface area contributed by atoms with Gasteiger partial charge in [-0.2, -0.15) is 5.26 Å². The third-order valence-corrected chi connectivity index (χ3v) is 4.30. The molecule has 0 spiro atoms. The van der Waals surface area contributed by atoms with Gasteiger partial charge in [-0.1, -0.05) is 30.7 Å². The third kappa shape index (κ3) is 1.66. The summed E-state index contributed by atoms with van der Waals surface area (Å²) < 4.78 is 0. The summed E-state index contributed by atoms with van der Waals surface area (Å²) in [4.78, 5) is 0. The predicted octanol–water partition coefficient (Wildman–Crippen LogP) is 3.29. The van der Waals surface area contributed by atoms with Crippen molar-refractivity contribution in [3.8, 4) is 6.07 Å². The minimum Gasteiger partial charge on any atom is -0.387 e. The molecule has 2 saturated carbocycles. The molecule has 1 aromatic rings. The van der Waals surface area contributed by atoms with Crippen molar-refractivity contribution in [2.75, 3.05) is 0 Å². The van der Waals surface area contributed by atoms with Crippen LogP contribution < -0.4 is 0 Å². The Morgan fingerprint density at radius 1 is 1.29 bits per heavy atom. The van der Waals surface area contributed by atoms with Crippen LogP contribution in [-0.2, 0) is 0 Å². The van der Waals surface area contributed by atoms with Gasteiger partial charge in [0.1, 0.15) is 0 Å². The van der Waals surface area contributed by atoms with Gasteiger partial charge in [0.15, 0.2) is 0 Å². The Kier molecular flexibility index (Phi) is 2.45. The van der Waals surface area contributed by atoms with E-state index in [-0.39, 0.29) is 0 Å². The highest BCUT2D eigenvalue weighted by atomic mass is 16.3. The molecule has 88 valence electrons. The maximum Gasteiger partial charge on any atom is 0.0979 e. The van der Waals surface area contributed by atoms with E-state index >= 15 is 0 Å². The standard InChI is InChI=1S/C15H17NO/c16-10-15(8-3-9-15)14(17)13-5-2-1-4-12(13)11-6-7-11/h1-2,4-5,11,14,17H,3,6-9H2. The molecule has 0 bridgehead atoms. The topological polar surface area (TPSA) is 44.0 Å². The number of aliphatic hydroxyl groups is 1. The van der Waals surface area contributed by atoms with E-state index in [0.29, 0.717) is 5.92 Å². The first-order valence-electron chi connectivity index (χ1n) is 6.45. The molecule has 1 N–H and O–H groups in total. The minimum atomic E-state index is -0.599. The molecule has 1 atom stereocenters. The lowest BCUT2D eigenvalue weighted by molar-refractivity contribution is 0.00737. The Morgan fingerprint density at radius 2 is 2.00 bits per heavy atom. The van der Waals surface area contributed by atoms with Crippen LogP contribution in [0.5, 0.6) is 0 Å². The lowest BCUT2D eigenvalue weighted by Gasteiger charge is -2.40. The Morgan fingerprint density at radius 3 is 2.53 bits per heavy atom. The first kappa shape index (κ1) is 10.8. The van der Waals surface area contributed by atoms with Gasteiger partial charge in [0.05, 0.1) is 17.6 Å². The molecule has 2 heteroatoms. The van der Waals surface area contributed by atoms with Gasteiger partial charge in [0, 0.05) is 0 Å². The monoisotopic (exact) mass is 227 g/mol. The quantitative estimate of drug-likeness (QED) is 0.861. The maximum absolute atomic E-state index is 10.5. The molecule has 1 unspecified atom stereocenters. The van der Waals surface area contributed by atoms with Crippen LogP contribution in [0.1, 0.15) is 55.3 Å². The average molecular weight is 227 g/mol. The van der Waals surface area contributed by atoms with E-state index in [4.69, 9.17) is 0 Å². The van der Waals surface area contributed by atoms with Crippen LogP contribution in [0, 0.1) is 16.7 Å². The second-order valence-corrected chi connectivity index (χ2v) is 5.43. The summed E-state index contributed by atoms with van der Waals surface area (Å²) in [6.45, 7) is 0. The molecule has 17 heavy (non-hydrogen) atoms. The number of hydrogen-bond donors (Lipinski definition) is 1. The van der Waals surface area contributed by atoms with Gasteiger partial charge in [-0.15, -0.1) is 0 Å². The SMILES string of the molecule is N#CC1(C(O)c2ccccc2C2CC2)CCC1. The molecule has 0 amide bonds. The molecular weight excluding hydrogens is 210 g/mol. The number of aliphatic hydroxyl groups excluding tert-OH is 1. The Bertz CT molecular complexity index is 466. The zero-order valence-corrected chi connectivity index (χ0v) is 9.89. The molecule has 0 saturated heterocycles. The molecule has 2 fully saturated rings. The van der Waals surface area contributed by atoms with Gasteiger partial charge in [-0.05, 0) is 42.7 Å². The summed E-state index contributed by atoms with van der Waals surface area (Å²) in [5.41, 5.74) is 1.75. The van der Waals surface area contributed by atoms with Crippen LogP contribution in [0.2, 0.25) is 0 Å². The zero-order chi connectivity index (χ0) is 11.9. The van der Waals surface area contributed by atoms with E-state index in [1.807, 2.05) is 18.2 Å². The highest BCUT2D eigenvalue weighted by molar-refractivity contribution is 5.37. The second kappa shape index (κ2) is 3.85. The summed E-state index contributed by atoms with van der Waals surface area (Å²) in [6.07, 6.45) is 4.59. The normalized spacial score (nSPS) is 23.5. The highest BCUT2D eigenvalue weighted by Gasteiger charge is 2.46. The largest absolute Gasteiger partial charge is 0.387 e. The van der Waals surface area contributed by atoms with Crippen molar-refractivity contribution >= 4 is 0 Å². The number of nitrogens with zero attached hydrogens (tertiary/aromatic N) is 1. The fraction of sp³-hybridized carbons (Fsp3) is 0.533. The second-order valence-electron chi connectivity index (χ2n) is 5.43. The van der Waals surface area contributed by atoms with Crippen molar-refractivity contribution in [2.45, 2.75) is 44.1 Å². The summed E-state index contributed by atoms with van der Waals surface area (Å²) >= 11 is 0. The van der Waals surface area contributed by atoms with Crippen LogP contribution in [0.3, 0.4) is 0 Å². The molecule has 0 aromatic heterocycles. The van der Waals surface area contributed by atoms with Gasteiger partial charge in [-0.3, -0.25) is 0 Å². The molecule has 1 aromatic carbocycles. The molecule has 2 aliphatic rings. The lowest BCUT2D eigenvalue weighted by atomic mass is 9.64. The smallest absolute Gasteiger partial charge is 0.0979 e. The van der Waals surface area contributed by atoms with Crippen LogP contribution in [0.15, 0.2) is 24.3 Å². The van der Waals surface area contributed by atoms with E-state index in [0.717, 1.165) is 24.8 Å². The van der Waals surface area contributed by atoms with Gasteiger partial charge >= 0.3 is 0 Å². The molecule has 2 nitrogen and oxygen atoms in total. The first-order chi connectivity index (χ1) is 8.27. The van der Waals surface area contributed by atoms with Crippen LogP contribution >= 0.6 is 0 Å². The zero-order valence-electron chi connectivity index (χ0n) is 9.89. The van der Waals surface area contributed by atoms with Crippen molar-refractivity contribution in [3.63, 3.8) is 0 Å². The number of benzene rings is 1. The van der Waals surface area contributed by atoms with Crippen molar-refractivity contribution in [1.29, 1.82) is 5.26 Å². The minimum absolute atomic E-state index is 0.509. The molecule has 2 aliphatic carbocycles. The Labute approximate surface area is 102 Å². The molecule has 3 rings (SSSR count). The van der Waals surface area contributed by atoms with Crippen LogP contribution in [0.25, 0.3) is 0 Å². The third-order valence-electron chi connectivity index (χ3n) is 4.30. The summed E-state index contributed by atoms with van der Waals surface area (Å²) in [7, 11) is 0. The van der Waals surface area contributed by atoms with Crippen molar-refractivity contribution in [1.82, 2.24) is 0 Å². The average Bonchev–Trinajstić information content (AvgIpc) is 3.12. The van der Waals surface area contributed by atoms with Crippen LogP contribution in [-0.4, -0.2) is 5.11 Å². The number of nitriles is 1. The van der Waals surface area contributed by atoms with E-state index in [2.05, 4.69) is 12.1 Å². The van der Waals surface area contributed by atoms with E-state index in [1.54, 1.807) is 0 Å². The number of hydrogen-bond acceptors (Lipinski definition) is 2. The van der Waals surface area contributed by atoms with E-state index < -0.39 is 11.5 Å². The van der Waals surface area contributed by atoms with Crippen molar-refractivity contribution < 1.29 is 5.11 Å². The van der Waals surface area contributed by atoms with Gasteiger partial charge in [-0.25, -0.2) is 0 Å². The summed E-state index contributed by atoms with van der Waals surface area (Å²) in [6, 6.07) is 10.5. The molecule has 0 heterocycles. The maximum atomic E-state index is 10.5. The highest BCUT2D eigenvalue weighted by Crippen LogP contribution is 2.52. The van der Waals surface area contributed by atoms with Gasteiger partial charge in [0.25, 0.3) is 0 Å². The summed E-state index contributed by atoms with van der Waals surface area (Å²) in [5, 5.41) is 19.8. The van der Waals surface area contributed by atoms with Gasteiger partial charge < -0.3 is 5.11 Å². The molecule has 0 radical (unpaired) electrons. The van der Waals surface area contributed by atoms with E-state index in [9.17, 15) is 10.4 Å². The number of rotatable bonds is 3. The first-order valence-corrected chi connectivity index (χ1v) is 6.45. The molecule has 0 aliphatic heterocycles. The van der Waals surface area contributed by atoms with Crippen molar-refractivity contribution in [2.24, 2.45) is 5.41 Å².